The van der Waals surface area contributed by atoms with E-state index in [2.05, 4.69) is 22.4 Å². The number of rotatable bonds is 7. The van der Waals surface area contributed by atoms with Crippen LogP contribution in [0.15, 0.2) is 6.20 Å². The van der Waals surface area contributed by atoms with E-state index in [-0.39, 0.29) is 11.4 Å². The van der Waals surface area contributed by atoms with Crippen molar-refractivity contribution in [3.8, 4) is 0 Å². The molecule has 1 aromatic rings. The first-order valence-corrected chi connectivity index (χ1v) is 5.62. The first-order valence-electron chi connectivity index (χ1n) is 5.62. The molecular formula is C10H16N4O3. The van der Waals surface area contributed by atoms with Crippen LogP contribution in [-0.4, -0.2) is 27.6 Å². The average Bonchev–Trinajstić information content (AvgIpc) is 2.77. The van der Waals surface area contributed by atoms with Crippen LogP contribution < -0.4 is 5.32 Å². The molecule has 2 N–H and O–H groups in total. The minimum atomic E-state index is -0.629. The smallest absolute Gasteiger partial charge is 0.319 e. The van der Waals surface area contributed by atoms with Gasteiger partial charge in [0.2, 0.25) is 5.69 Å². The van der Waals surface area contributed by atoms with E-state index in [9.17, 15) is 14.9 Å². The Hall–Kier alpha value is -1.92. The molecule has 17 heavy (non-hydrogen) atoms. The lowest BCUT2D eigenvalue weighted by Gasteiger charge is -2.02. The van der Waals surface area contributed by atoms with Gasteiger partial charge in [-0.2, -0.15) is 5.10 Å². The Kier molecular flexibility index (Phi) is 5.12. The Bertz CT molecular complexity index is 389. The molecule has 0 unspecified atom stereocenters. The van der Waals surface area contributed by atoms with Gasteiger partial charge in [-0.25, -0.2) is 0 Å². The van der Waals surface area contributed by atoms with Gasteiger partial charge in [-0.15, -0.1) is 0 Å². The van der Waals surface area contributed by atoms with Crippen molar-refractivity contribution in [1.82, 2.24) is 15.5 Å². The van der Waals surface area contributed by atoms with E-state index in [0.717, 1.165) is 31.9 Å². The molecule has 0 aliphatic rings. The highest BCUT2D eigenvalue weighted by Crippen LogP contribution is 2.13. The molecule has 0 bridgehead atoms. The lowest BCUT2D eigenvalue weighted by Crippen LogP contribution is -2.25. The molecular weight excluding hydrogens is 224 g/mol. The number of H-pyrrole nitrogens is 1. The summed E-state index contributed by atoms with van der Waals surface area (Å²) in [5.74, 6) is -0.481. The second-order valence-corrected chi connectivity index (χ2v) is 3.70. The maximum Gasteiger partial charge on any atom is 0.319 e. The highest BCUT2D eigenvalue weighted by atomic mass is 16.6. The number of carbonyl (C=O) groups excluding carboxylic acids is 1. The van der Waals surface area contributed by atoms with Crippen molar-refractivity contribution in [2.75, 3.05) is 6.54 Å². The SMILES string of the molecule is CCCCCCNC(=O)c1[nH]ncc1[N+](=O)[O-]. The van der Waals surface area contributed by atoms with Gasteiger partial charge in [-0.3, -0.25) is 20.0 Å². The van der Waals surface area contributed by atoms with E-state index >= 15 is 0 Å². The first-order chi connectivity index (χ1) is 8.16. The number of nitrogens with one attached hydrogen (secondary N) is 2. The van der Waals surface area contributed by atoms with Gasteiger partial charge in [0.15, 0.2) is 0 Å². The number of amides is 1. The van der Waals surface area contributed by atoms with E-state index in [1.165, 1.54) is 0 Å². The number of carbonyl (C=O) groups is 1. The lowest BCUT2D eigenvalue weighted by molar-refractivity contribution is -0.385. The zero-order valence-corrected chi connectivity index (χ0v) is 9.73. The number of nitrogens with zero attached hydrogens (tertiary/aromatic N) is 2. The minimum absolute atomic E-state index is 0.0921. The van der Waals surface area contributed by atoms with E-state index < -0.39 is 10.8 Å². The molecule has 0 fully saturated rings. The summed E-state index contributed by atoms with van der Waals surface area (Å²) in [6, 6.07) is 0. The zero-order chi connectivity index (χ0) is 12.7. The standard InChI is InChI=1S/C10H16N4O3/c1-2-3-4-5-6-11-10(15)9-8(14(16)17)7-12-13-9/h7H,2-6H2,1H3,(H,11,15)(H,12,13). The van der Waals surface area contributed by atoms with Crippen molar-refractivity contribution in [3.63, 3.8) is 0 Å². The quantitative estimate of drug-likeness (QED) is 0.429. The minimum Gasteiger partial charge on any atom is -0.350 e. The summed E-state index contributed by atoms with van der Waals surface area (Å²) in [6.07, 6.45) is 5.20. The molecule has 0 radical (unpaired) electrons. The monoisotopic (exact) mass is 240 g/mol. The van der Waals surface area contributed by atoms with Crippen molar-refractivity contribution in [2.45, 2.75) is 32.6 Å². The summed E-state index contributed by atoms with van der Waals surface area (Å²) >= 11 is 0. The van der Waals surface area contributed by atoms with Crippen LogP contribution in [-0.2, 0) is 0 Å². The van der Waals surface area contributed by atoms with Crippen LogP contribution in [0.25, 0.3) is 0 Å². The predicted molar refractivity (Wildman–Crippen MR) is 61.7 cm³/mol. The van der Waals surface area contributed by atoms with Crippen LogP contribution in [0.2, 0.25) is 0 Å². The number of unbranched alkanes of at least 4 members (excludes halogenated alkanes) is 3. The summed E-state index contributed by atoms with van der Waals surface area (Å²) < 4.78 is 0. The molecule has 1 heterocycles. The summed E-state index contributed by atoms with van der Waals surface area (Å²) in [5.41, 5.74) is -0.387. The van der Waals surface area contributed by atoms with Gasteiger partial charge in [-0.1, -0.05) is 26.2 Å². The Morgan fingerprint density at radius 3 is 2.94 bits per heavy atom. The Balaban J connectivity index is 2.42. The molecule has 0 atom stereocenters. The summed E-state index contributed by atoms with van der Waals surface area (Å²) in [4.78, 5) is 21.5. The lowest BCUT2D eigenvalue weighted by atomic mass is 10.2. The number of nitro groups is 1. The number of aromatic nitrogens is 2. The van der Waals surface area contributed by atoms with Gasteiger partial charge in [0.25, 0.3) is 5.91 Å². The Labute approximate surface area is 98.7 Å². The molecule has 0 aromatic carbocycles. The topological polar surface area (TPSA) is 101 Å². The van der Waals surface area contributed by atoms with E-state index in [4.69, 9.17) is 0 Å². The molecule has 0 spiro atoms. The van der Waals surface area contributed by atoms with Gasteiger partial charge < -0.3 is 5.32 Å². The highest BCUT2D eigenvalue weighted by molar-refractivity contribution is 5.95. The van der Waals surface area contributed by atoms with Crippen molar-refractivity contribution in [1.29, 1.82) is 0 Å². The van der Waals surface area contributed by atoms with Crippen LogP contribution in [0.1, 0.15) is 43.1 Å². The van der Waals surface area contributed by atoms with Crippen LogP contribution >= 0.6 is 0 Å². The first kappa shape index (κ1) is 13.1. The molecule has 94 valence electrons. The van der Waals surface area contributed by atoms with Gasteiger partial charge in [-0.05, 0) is 6.42 Å². The molecule has 1 aromatic heterocycles. The van der Waals surface area contributed by atoms with Gasteiger partial charge in [0.1, 0.15) is 6.20 Å². The largest absolute Gasteiger partial charge is 0.350 e. The normalized spacial score (nSPS) is 10.2. The molecule has 0 aliphatic carbocycles. The van der Waals surface area contributed by atoms with E-state index in [1.807, 2.05) is 0 Å². The predicted octanol–water partition coefficient (Wildman–Crippen LogP) is 1.63. The summed E-state index contributed by atoms with van der Waals surface area (Å²) in [7, 11) is 0. The molecule has 0 aliphatic heterocycles. The number of hydrogen-bond acceptors (Lipinski definition) is 4. The second-order valence-electron chi connectivity index (χ2n) is 3.70. The van der Waals surface area contributed by atoms with Gasteiger partial charge >= 0.3 is 5.69 Å². The van der Waals surface area contributed by atoms with Crippen LogP contribution in [0.3, 0.4) is 0 Å². The fourth-order valence-electron chi connectivity index (χ4n) is 1.43. The van der Waals surface area contributed by atoms with Crippen LogP contribution in [0.4, 0.5) is 5.69 Å². The Morgan fingerprint density at radius 1 is 1.53 bits per heavy atom. The van der Waals surface area contributed by atoms with E-state index in [1.54, 1.807) is 0 Å². The van der Waals surface area contributed by atoms with Crippen molar-refractivity contribution in [3.05, 3.63) is 22.0 Å². The molecule has 1 rings (SSSR count). The third kappa shape index (κ3) is 3.86. The van der Waals surface area contributed by atoms with Crippen molar-refractivity contribution < 1.29 is 9.72 Å². The molecule has 1 amide bonds. The molecule has 7 heteroatoms. The third-order valence-corrected chi connectivity index (χ3v) is 2.36. The number of hydrogen-bond donors (Lipinski definition) is 2. The van der Waals surface area contributed by atoms with Gasteiger partial charge in [0, 0.05) is 6.54 Å². The zero-order valence-electron chi connectivity index (χ0n) is 9.73. The van der Waals surface area contributed by atoms with Crippen LogP contribution in [0, 0.1) is 10.1 Å². The fraction of sp³-hybridized carbons (Fsp3) is 0.600. The number of aromatic amines is 1. The van der Waals surface area contributed by atoms with Crippen molar-refractivity contribution >= 4 is 11.6 Å². The third-order valence-electron chi connectivity index (χ3n) is 2.36. The maximum absolute atomic E-state index is 11.6. The fourth-order valence-corrected chi connectivity index (χ4v) is 1.43. The average molecular weight is 240 g/mol. The maximum atomic E-state index is 11.6. The van der Waals surface area contributed by atoms with Crippen molar-refractivity contribution in [2.24, 2.45) is 0 Å². The highest BCUT2D eigenvalue weighted by Gasteiger charge is 2.21. The summed E-state index contributed by atoms with van der Waals surface area (Å²) in [5, 5.41) is 19.0. The molecule has 7 nitrogen and oxygen atoms in total. The molecule has 0 saturated heterocycles. The van der Waals surface area contributed by atoms with Gasteiger partial charge in [0.05, 0.1) is 4.92 Å². The Morgan fingerprint density at radius 2 is 2.29 bits per heavy atom. The van der Waals surface area contributed by atoms with E-state index in [0.29, 0.717) is 6.54 Å². The van der Waals surface area contributed by atoms with Crippen LogP contribution in [0.5, 0.6) is 0 Å². The molecule has 0 saturated carbocycles. The summed E-state index contributed by atoms with van der Waals surface area (Å²) in [6.45, 7) is 2.63. The second kappa shape index (κ2) is 6.62.